The molecular formula is C21H27N7O17P3+. The largest absolute Gasteiger partial charge is 0.481 e. The third-order valence-corrected chi connectivity index (χ3v) is 10.4. The molecule has 3 aliphatic heterocycles. The third kappa shape index (κ3) is 7.06. The van der Waals surface area contributed by atoms with E-state index in [1.165, 1.54) is 33.7 Å². The lowest BCUT2D eigenvalue weighted by Crippen LogP contribution is -2.46. The van der Waals surface area contributed by atoms with Gasteiger partial charge in [-0.1, -0.05) is 0 Å². The molecule has 262 valence electrons. The molecule has 3 saturated heterocycles. The molecule has 0 radical (unpaired) electrons. The summed E-state index contributed by atoms with van der Waals surface area (Å²) in [5.74, 6) is -2.76. The van der Waals surface area contributed by atoms with Crippen molar-refractivity contribution in [3.63, 3.8) is 0 Å². The van der Waals surface area contributed by atoms with Crippen LogP contribution in [0.4, 0.5) is 5.82 Å². The Morgan fingerprint density at radius 1 is 1.06 bits per heavy atom. The Kier molecular flexibility index (Phi) is 9.09. The number of aliphatic hydroxyl groups excluding tert-OH is 2. The van der Waals surface area contributed by atoms with Crippen molar-refractivity contribution >= 4 is 46.4 Å². The lowest BCUT2D eigenvalue weighted by atomic mass is 10.1. The molecule has 10 N–H and O–H groups in total. The fourth-order valence-corrected chi connectivity index (χ4v) is 7.76. The van der Waals surface area contributed by atoms with Crippen LogP contribution in [0.5, 0.6) is 0 Å². The van der Waals surface area contributed by atoms with E-state index >= 15 is 0 Å². The van der Waals surface area contributed by atoms with Gasteiger partial charge in [0.1, 0.15) is 48.4 Å². The first-order valence-electron chi connectivity index (χ1n) is 13.4. The van der Waals surface area contributed by atoms with Gasteiger partial charge in [0.25, 0.3) is 12.1 Å². The van der Waals surface area contributed by atoms with Gasteiger partial charge in [-0.05, 0) is 6.07 Å². The maximum absolute atomic E-state index is 12.6. The highest BCUT2D eigenvalue weighted by atomic mass is 31.3. The normalized spacial score (nSPS) is 32.5. The number of primary amides is 1. The average Bonchev–Trinajstić information content (AvgIpc) is 3.22. The van der Waals surface area contributed by atoms with E-state index in [0.29, 0.717) is 0 Å². The van der Waals surface area contributed by atoms with E-state index in [0.717, 1.165) is 12.7 Å². The maximum Gasteiger partial charge on any atom is 0.481 e. The highest BCUT2D eigenvalue weighted by Crippen LogP contribution is 2.63. The van der Waals surface area contributed by atoms with Crippen LogP contribution in [0.25, 0.3) is 11.2 Å². The van der Waals surface area contributed by atoms with Crippen molar-refractivity contribution in [1.29, 1.82) is 0 Å². The number of ether oxygens (including phenoxy) is 3. The lowest BCUT2D eigenvalue weighted by Gasteiger charge is -2.24. The van der Waals surface area contributed by atoms with E-state index in [9.17, 15) is 48.3 Å². The first kappa shape index (κ1) is 35.0. The van der Waals surface area contributed by atoms with E-state index in [1.54, 1.807) is 0 Å². The molecule has 27 heteroatoms. The number of fused-ring (bicyclic) bond motifs is 2. The molecule has 3 aromatic rings. The Balaban J connectivity index is 1.08. The van der Waals surface area contributed by atoms with Crippen LogP contribution in [-0.2, 0) is 45.8 Å². The molecule has 0 saturated carbocycles. The Morgan fingerprint density at radius 3 is 2.50 bits per heavy atom. The minimum atomic E-state index is -5.48. The Hall–Kier alpha value is -2.86. The van der Waals surface area contributed by atoms with E-state index in [2.05, 4.69) is 19.3 Å². The second kappa shape index (κ2) is 12.5. The number of hydrogen-bond donors (Lipinski definition) is 8. The standard InChI is InChI=1S/C21H26N7O17P3/c22-16-11-18(25-7-24-16)28(8-26-11)20-14(44-46(32,33)34)15-21(42-15,43-20)6-40-48(37,38)45-47(35,36)39-5-10-12(29)13(30)19(41-10)27-3-1-2-9(4-27)17(23)31/h1-4,7-8,10,12-15,19-20,29-30H,5-6H2,(H7-,22,23,24,25,31,32,33,34,35,36,37,38)/p+1/t10-,12-,13-,14-,15+,19-,20-,21-/m1/s1. The number of rotatable bonds is 13. The summed E-state index contributed by atoms with van der Waals surface area (Å²) in [6.45, 7) is -1.93. The topological polar surface area (TPSA) is 357 Å². The summed E-state index contributed by atoms with van der Waals surface area (Å²) in [5.41, 5.74) is 11.3. The molecule has 6 heterocycles. The van der Waals surface area contributed by atoms with Crippen LogP contribution in [0.2, 0.25) is 0 Å². The zero-order valence-corrected chi connectivity index (χ0v) is 26.5. The van der Waals surface area contributed by atoms with Gasteiger partial charge in [-0.15, -0.1) is 0 Å². The summed E-state index contributed by atoms with van der Waals surface area (Å²) < 4.78 is 74.6. The zero-order chi connectivity index (χ0) is 34.8. The number of nitrogens with two attached hydrogens (primary N) is 2. The number of carbonyl (C=O) groups is 1. The monoisotopic (exact) mass is 742 g/mol. The molecule has 3 fully saturated rings. The van der Waals surface area contributed by atoms with Crippen LogP contribution in [0.15, 0.2) is 37.2 Å². The number of phosphoric acid groups is 3. The average molecular weight is 742 g/mol. The number of hydrogen-bond acceptors (Lipinski definition) is 17. The van der Waals surface area contributed by atoms with Crippen LogP contribution >= 0.6 is 23.5 Å². The number of nitrogens with zero attached hydrogens (tertiary/aromatic N) is 5. The number of anilines is 1. The van der Waals surface area contributed by atoms with Gasteiger partial charge in [0.05, 0.1) is 12.9 Å². The van der Waals surface area contributed by atoms with E-state index in [1.807, 2.05) is 0 Å². The maximum atomic E-state index is 12.6. The summed E-state index contributed by atoms with van der Waals surface area (Å²) in [5, 5.41) is 20.8. The molecular weight excluding hydrogens is 715 g/mol. The molecule has 3 aromatic heterocycles. The minimum absolute atomic E-state index is 0.0171. The van der Waals surface area contributed by atoms with Gasteiger partial charge in [-0.2, -0.15) is 8.88 Å². The molecule has 48 heavy (non-hydrogen) atoms. The lowest BCUT2D eigenvalue weighted by molar-refractivity contribution is -0.765. The molecule has 10 atom stereocenters. The summed E-state index contributed by atoms with van der Waals surface area (Å²) in [6, 6.07) is 2.81. The molecule has 2 unspecified atom stereocenters. The van der Waals surface area contributed by atoms with E-state index in [4.69, 9.17) is 39.2 Å². The second-order valence-corrected chi connectivity index (χ2v) is 14.8. The Morgan fingerprint density at radius 2 is 1.79 bits per heavy atom. The van der Waals surface area contributed by atoms with Gasteiger partial charge in [0.15, 0.2) is 36.2 Å². The molecule has 1 amide bonds. The number of phosphoric ester groups is 3. The molecule has 0 bridgehead atoms. The van der Waals surface area contributed by atoms with E-state index in [-0.39, 0.29) is 22.5 Å². The Bertz CT molecular complexity index is 1880. The van der Waals surface area contributed by atoms with Crippen LogP contribution in [0, 0.1) is 0 Å². The van der Waals surface area contributed by atoms with Crippen LogP contribution < -0.4 is 16.0 Å². The Labute approximate surface area is 267 Å². The van der Waals surface area contributed by atoms with Crippen molar-refractivity contribution in [3.8, 4) is 0 Å². The molecule has 6 rings (SSSR count). The summed E-state index contributed by atoms with van der Waals surface area (Å²) >= 11 is 0. The van der Waals surface area contributed by atoms with Crippen LogP contribution in [-0.4, -0.2) is 105 Å². The SMILES string of the molecule is NC(=O)c1ccc[n+]([C@@H]2O[C@H](COP(=O)(O)OP(=O)(O)OC[C@@]34O[C@@H](n5cnc6c(N)ncnc65)[C@H](OP(=O)(O)O)[C@@H]3O4)[C@@H](O)[C@H]2O)c1. The van der Waals surface area contributed by atoms with Gasteiger partial charge in [-0.3, -0.25) is 22.9 Å². The summed E-state index contributed by atoms with van der Waals surface area (Å²) in [7, 11) is -16.1. The van der Waals surface area contributed by atoms with Crippen molar-refractivity contribution in [3.05, 3.63) is 42.7 Å². The predicted molar refractivity (Wildman–Crippen MR) is 148 cm³/mol. The number of imidazole rings is 1. The first-order valence-corrected chi connectivity index (χ1v) is 17.9. The number of aromatic nitrogens is 5. The molecule has 3 aliphatic rings. The second-order valence-electron chi connectivity index (χ2n) is 10.5. The van der Waals surface area contributed by atoms with Crippen molar-refractivity contribution in [2.75, 3.05) is 18.9 Å². The number of pyridine rings is 1. The van der Waals surface area contributed by atoms with Crippen molar-refractivity contribution in [2.24, 2.45) is 5.73 Å². The predicted octanol–water partition coefficient (Wildman–Crippen LogP) is -2.53. The number of nitrogen functional groups attached to an aromatic ring is 1. The van der Waals surface area contributed by atoms with Gasteiger partial charge >= 0.3 is 23.5 Å². The smallest absolute Gasteiger partial charge is 0.387 e. The molecule has 0 aliphatic carbocycles. The van der Waals surface area contributed by atoms with Crippen molar-refractivity contribution < 1.29 is 84.9 Å². The van der Waals surface area contributed by atoms with Gasteiger partial charge in [0, 0.05) is 6.07 Å². The highest BCUT2D eigenvalue weighted by molar-refractivity contribution is 7.61. The van der Waals surface area contributed by atoms with Crippen LogP contribution in [0.3, 0.4) is 0 Å². The molecule has 0 aromatic carbocycles. The molecule has 24 nitrogen and oxygen atoms in total. The fraction of sp³-hybridized carbons (Fsp3) is 0.476. The summed E-state index contributed by atoms with van der Waals surface area (Å²) in [6.07, 6.45) is -5.42. The number of amides is 1. The number of epoxide rings is 1. The van der Waals surface area contributed by atoms with Gasteiger partial charge in [0.2, 0.25) is 5.79 Å². The van der Waals surface area contributed by atoms with Gasteiger partial charge in [-0.25, -0.2) is 28.6 Å². The van der Waals surface area contributed by atoms with Crippen molar-refractivity contribution in [1.82, 2.24) is 19.5 Å². The van der Waals surface area contributed by atoms with E-state index < -0.39 is 91.4 Å². The number of carbonyl (C=O) groups excluding carboxylic acids is 1. The highest BCUT2D eigenvalue weighted by Gasteiger charge is 2.73. The quantitative estimate of drug-likeness (QED) is 0.0508. The molecule has 0 spiro atoms. The number of aliphatic hydroxyl groups is 2. The van der Waals surface area contributed by atoms with Gasteiger partial charge < -0.3 is 55.5 Å². The first-order chi connectivity index (χ1) is 22.4. The van der Waals surface area contributed by atoms with Crippen LogP contribution in [0.1, 0.15) is 22.8 Å². The zero-order valence-electron chi connectivity index (χ0n) is 23.8. The minimum Gasteiger partial charge on any atom is -0.387 e. The summed E-state index contributed by atoms with van der Waals surface area (Å²) in [4.78, 5) is 62.6. The fourth-order valence-electron chi connectivity index (χ4n) is 5.13. The van der Waals surface area contributed by atoms with Crippen molar-refractivity contribution in [2.45, 2.75) is 48.8 Å². The third-order valence-electron chi connectivity index (χ3n) is 7.30.